The molecule has 5 nitrogen and oxygen atoms in total. The van der Waals surface area contributed by atoms with E-state index in [2.05, 4.69) is 10.6 Å². The molecule has 23 heavy (non-hydrogen) atoms. The monoisotopic (exact) mass is 342 g/mol. The normalized spacial score (nSPS) is 17.7. The lowest BCUT2D eigenvalue weighted by molar-refractivity contribution is -0.147. The maximum absolute atomic E-state index is 12.5. The Morgan fingerprint density at radius 1 is 1.39 bits per heavy atom. The first-order valence-corrected chi connectivity index (χ1v) is 7.82. The minimum Gasteiger partial charge on any atom is -0.491 e. The molecule has 0 aliphatic carbocycles. The molecule has 6 heteroatoms. The zero-order valence-electron chi connectivity index (χ0n) is 14.1. The highest BCUT2D eigenvalue weighted by molar-refractivity contribution is 5.85. The molecule has 0 saturated carbocycles. The molecule has 130 valence electrons. The third-order valence-corrected chi connectivity index (χ3v) is 4.08. The number of methoxy groups -OCH3 is 1. The topological polar surface area (TPSA) is 59.6 Å². The molecule has 2 rings (SSSR count). The van der Waals surface area contributed by atoms with Gasteiger partial charge in [0.25, 0.3) is 5.91 Å². The highest BCUT2D eigenvalue weighted by atomic mass is 35.5. The summed E-state index contributed by atoms with van der Waals surface area (Å²) in [6, 6.07) is 7.82. The summed E-state index contributed by atoms with van der Waals surface area (Å²) in [6.45, 7) is 6.01. The number of rotatable bonds is 6. The molecule has 1 aromatic rings. The van der Waals surface area contributed by atoms with Crippen LogP contribution in [-0.2, 0) is 9.53 Å². The van der Waals surface area contributed by atoms with Crippen LogP contribution in [0, 0.1) is 6.92 Å². The minimum absolute atomic E-state index is 0. The molecule has 0 bridgehead atoms. The Labute approximate surface area is 144 Å². The summed E-state index contributed by atoms with van der Waals surface area (Å²) >= 11 is 0. The third kappa shape index (κ3) is 5.37. The summed E-state index contributed by atoms with van der Waals surface area (Å²) in [6.07, 6.45) is 1.39. The molecule has 1 atom stereocenters. The molecular weight excluding hydrogens is 316 g/mol. The van der Waals surface area contributed by atoms with Gasteiger partial charge in [-0.3, -0.25) is 4.79 Å². The molecule has 0 aromatic heterocycles. The van der Waals surface area contributed by atoms with Crippen molar-refractivity contribution in [2.75, 3.05) is 26.8 Å². The van der Waals surface area contributed by atoms with E-state index >= 15 is 0 Å². The number of piperidine rings is 1. The van der Waals surface area contributed by atoms with Crippen LogP contribution in [-0.4, -0.2) is 44.4 Å². The average molecular weight is 343 g/mol. The van der Waals surface area contributed by atoms with Crippen LogP contribution in [0.1, 0.15) is 25.3 Å². The fourth-order valence-corrected chi connectivity index (χ4v) is 2.68. The Morgan fingerprint density at radius 2 is 2.09 bits per heavy atom. The first-order chi connectivity index (χ1) is 10.6. The van der Waals surface area contributed by atoms with Gasteiger partial charge in [0.15, 0.2) is 0 Å². The van der Waals surface area contributed by atoms with Crippen molar-refractivity contribution in [3.63, 3.8) is 0 Å². The Balaban J connectivity index is 0.00000264. The fraction of sp³-hybridized carbons (Fsp3) is 0.588. The van der Waals surface area contributed by atoms with Crippen LogP contribution in [0.15, 0.2) is 24.3 Å². The summed E-state index contributed by atoms with van der Waals surface area (Å²) in [5.74, 6) is 0.779. The van der Waals surface area contributed by atoms with E-state index in [4.69, 9.17) is 9.47 Å². The zero-order chi connectivity index (χ0) is 16.0. The van der Waals surface area contributed by atoms with Crippen LogP contribution >= 0.6 is 12.4 Å². The van der Waals surface area contributed by atoms with E-state index in [-0.39, 0.29) is 24.4 Å². The number of carbonyl (C=O) groups is 1. The van der Waals surface area contributed by atoms with Gasteiger partial charge in [0.2, 0.25) is 0 Å². The predicted molar refractivity (Wildman–Crippen MR) is 93.4 cm³/mol. The SMILES string of the molecule is COC1(C(=O)NC(C)COc2cccc(C)c2)CCNCC1.Cl. The predicted octanol–water partition coefficient (Wildman–Crippen LogP) is 2.07. The average Bonchev–Trinajstić information content (AvgIpc) is 2.53. The van der Waals surface area contributed by atoms with Crippen LogP contribution < -0.4 is 15.4 Å². The molecule has 1 aliphatic rings. The van der Waals surface area contributed by atoms with Crippen molar-refractivity contribution in [3.8, 4) is 5.75 Å². The van der Waals surface area contributed by atoms with Gasteiger partial charge >= 0.3 is 0 Å². The first-order valence-electron chi connectivity index (χ1n) is 7.82. The number of amides is 1. The maximum atomic E-state index is 12.5. The number of hydrogen-bond acceptors (Lipinski definition) is 4. The van der Waals surface area contributed by atoms with Crippen molar-refractivity contribution in [1.29, 1.82) is 0 Å². The van der Waals surface area contributed by atoms with Crippen molar-refractivity contribution >= 4 is 18.3 Å². The van der Waals surface area contributed by atoms with E-state index < -0.39 is 5.60 Å². The van der Waals surface area contributed by atoms with Gasteiger partial charge in [-0.15, -0.1) is 12.4 Å². The van der Waals surface area contributed by atoms with Crippen molar-refractivity contribution in [3.05, 3.63) is 29.8 Å². The van der Waals surface area contributed by atoms with Crippen LogP contribution in [0.25, 0.3) is 0 Å². The second kappa shape index (κ2) is 9.11. The number of ether oxygens (including phenoxy) is 2. The van der Waals surface area contributed by atoms with Crippen LogP contribution in [0.4, 0.5) is 0 Å². The number of aryl methyl sites for hydroxylation is 1. The van der Waals surface area contributed by atoms with Crippen molar-refractivity contribution in [2.45, 2.75) is 38.3 Å². The Kier molecular flexibility index (Phi) is 7.82. The summed E-state index contributed by atoms with van der Waals surface area (Å²) in [7, 11) is 1.61. The molecule has 0 spiro atoms. The number of carbonyl (C=O) groups excluding carboxylic acids is 1. The van der Waals surface area contributed by atoms with E-state index in [1.807, 2.05) is 38.1 Å². The molecule has 1 unspecified atom stereocenters. The van der Waals surface area contributed by atoms with E-state index in [0.717, 1.165) is 24.4 Å². The largest absolute Gasteiger partial charge is 0.491 e. The van der Waals surface area contributed by atoms with Gasteiger partial charge in [-0.05, 0) is 57.5 Å². The van der Waals surface area contributed by atoms with Crippen molar-refractivity contribution < 1.29 is 14.3 Å². The van der Waals surface area contributed by atoms with Crippen LogP contribution in [0.3, 0.4) is 0 Å². The van der Waals surface area contributed by atoms with Crippen LogP contribution in [0.5, 0.6) is 5.75 Å². The van der Waals surface area contributed by atoms with Crippen LogP contribution in [0.2, 0.25) is 0 Å². The second-order valence-corrected chi connectivity index (χ2v) is 5.95. The lowest BCUT2D eigenvalue weighted by Gasteiger charge is -2.35. The van der Waals surface area contributed by atoms with Crippen molar-refractivity contribution in [1.82, 2.24) is 10.6 Å². The van der Waals surface area contributed by atoms with E-state index in [1.165, 1.54) is 0 Å². The first kappa shape index (κ1) is 19.7. The zero-order valence-corrected chi connectivity index (χ0v) is 14.9. The van der Waals surface area contributed by atoms with Gasteiger partial charge in [0.1, 0.15) is 18.0 Å². The molecule has 2 N–H and O–H groups in total. The summed E-state index contributed by atoms with van der Waals surface area (Å²) in [4.78, 5) is 12.5. The molecule has 1 heterocycles. The maximum Gasteiger partial charge on any atom is 0.252 e. The van der Waals surface area contributed by atoms with E-state index in [1.54, 1.807) is 7.11 Å². The van der Waals surface area contributed by atoms with Gasteiger partial charge in [0.05, 0.1) is 6.04 Å². The number of benzene rings is 1. The number of nitrogens with one attached hydrogen (secondary N) is 2. The van der Waals surface area contributed by atoms with Gasteiger partial charge in [0, 0.05) is 7.11 Å². The number of hydrogen-bond donors (Lipinski definition) is 2. The molecule has 1 aromatic carbocycles. The Hall–Kier alpha value is -1.30. The minimum atomic E-state index is -0.706. The van der Waals surface area contributed by atoms with Gasteiger partial charge < -0.3 is 20.1 Å². The van der Waals surface area contributed by atoms with E-state index in [0.29, 0.717) is 19.4 Å². The molecule has 1 aliphatic heterocycles. The van der Waals surface area contributed by atoms with Gasteiger partial charge in [-0.1, -0.05) is 12.1 Å². The fourth-order valence-electron chi connectivity index (χ4n) is 2.68. The summed E-state index contributed by atoms with van der Waals surface area (Å²) < 4.78 is 11.3. The standard InChI is InChI=1S/C17H26N2O3.ClH/c1-13-5-4-6-15(11-13)22-12-14(2)19-16(20)17(21-3)7-9-18-10-8-17;/h4-6,11,14,18H,7-10,12H2,1-3H3,(H,19,20);1H. The lowest BCUT2D eigenvalue weighted by atomic mass is 9.91. The quantitative estimate of drug-likeness (QED) is 0.831. The molecule has 1 saturated heterocycles. The summed E-state index contributed by atoms with van der Waals surface area (Å²) in [5, 5.41) is 6.26. The highest BCUT2D eigenvalue weighted by Gasteiger charge is 2.40. The molecular formula is C17H27ClN2O3. The smallest absolute Gasteiger partial charge is 0.252 e. The highest BCUT2D eigenvalue weighted by Crippen LogP contribution is 2.22. The third-order valence-electron chi connectivity index (χ3n) is 4.08. The van der Waals surface area contributed by atoms with Gasteiger partial charge in [-0.25, -0.2) is 0 Å². The Morgan fingerprint density at radius 3 is 2.70 bits per heavy atom. The molecule has 0 radical (unpaired) electrons. The molecule has 1 amide bonds. The van der Waals surface area contributed by atoms with Crippen molar-refractivity contribution in [2.24, 2.45) is 0 Å². The number of halogens is 1. The van der Waals surface area contributed by atoms with Gasteiger partial charge in [-0.2, -0.15) is 0 Å². The summed E-state index contributed by atoms with van der Waals surface area (Å²) in [5.41, 5.74) is 0.449. The molecule has 1 fully saturated rings. The lowest BCUT2D eigenvalue weighted by Crippen LogP contribution is -2.56. The Bertz CT molecular complexity index is 504. The van der Waals surface area contributed by atoms with E-state index in [9.17, 15) is 4.79 Å². The second-order valence-electron chi connectivity index (χ2n) is 5.95.